The lowest BCUT2D eigenvalue weighted by atomic mass is 9.89. The minimum absolute atomic E-state index is 0.0862. The quantitative estimate of drug-likeness (QED) is 0.325. The van der Waals surface area contributed by atoms with Crippen molar-refractivity contribution in [3.63, 3.8) is 0 Å². The molecule has 0 aliphatic rings. The second kappa shape index (κ2) is 11.8. The SMILES string of the molecule is C=C(CC(C)(C)C)NC(C)(C)C(=C)NC(CCCc1ccccc1)C(=C)N/C(C)=C/C. The first kappa shape index (κ1) is 26.6. The predicted octanol–water partition coefficient (Wildman–Crippen LogP) is 6.83. The molecule has 1 atom stereocenters. The Morgan fingerprint density at radius 2 is 1.65 bits per heavy atom. The normalized spacial score (nSPS) is 13.3. The predicted molar refractivity (Wildman–Crippen MR) is 138 cm³/mol. The highest BCUT2D eigenvalue weighted by molar-refractivity contribution is 5.21. The summed E-state index contributed by atoms with van der Waals surface area (Å²) in [7, 11) is 0. The lowest BCUT2D eigenvalue weighted by Crippen LogP contribution is -2.48. The first-order valence-corrected chi connectivity index (χ1v) is 11.4. The third kappa shape index (κ3) is 10.4. The van der Waals surface area contributed by atoms with Crippen molar-refractivity contribution in [3.8, 4) is 0 Å². The van der Waals surface area contributed by atoms with Crippen LogP contribution in [0.25, 0.3) is 0 Å². The molecular weight excluding hydrogens is 378 g/mol. The van der Waals surface area contributed by atoms with Crippen LogP contribution in [-0.4, -0.2) is 11.6 Å². The zero-order valence-electron chi connectivity index (χ0n) is 21.0. The molecule has 1 aromatic carbocycles. The van der Waals surface area contributed by atoms with Crippen LogP contribution in [0.1, 0.15) is 73.3 Å². The fourth-order valence-corrected chi connectivity index (χ4v) is 3.49. The Bertz CT molecular complexity index is 763. The summed E-state index contributed by atoms with van der Waals surface area (Å²) in [5, 5.41) is 10.7. The summed E-state index contributed by atoms with van der Waals surface area (Å²) < 4.78 is 0. The van der Waals surface area contributed by atoms with E-state index in [2.05, 4.69) is 114 Å². The van der Waals surface area contributed by atoms with Gasteiger partial charge in [-0.3, -0.25) is 0 Å². The van der Waals surface area contributed by atoms with Gasteiger partial charge in [0.1, 0.15) is 0 Å². The van der Waals surface area contributed by atoms with E-state index in [9.17, 15) is 0 Å². The average Bonchev–Trinajstić information content (AvgIpc) is 2.65. The molecule has 0 bridgehead atoms. The molecule has 3 N–H and O–H groups in total. The number of allylic oxidation sites excluding steroid dienone is 3. The summed E-state index contributed by atoms with van der Waals surface area (Å²) in [4.78, 5) is 0. The summed E-state index contributed by atoms with van der Waals surface area (Å²) >= 11 is 0. The van der Waals surface area contributed by atoms with Gasteiger partial charge in [-0.1, -0.05) is 76.9 Å². The lowest BCUT2D eigenvalue weighted by molar-refractivity contribution is 0.369. The molecule has 0 aliphatic heterocycles. The molecule has 3 nitrogen and oxygen atoms in total. The van der Waals surface area contributed by atoms with Crippen LogP contribution >= 0.6 is 0 Å². The summed E-state index contributed by atoms with van der Waals surface area (Å²) in [6, 6.07) is 10.7. The van der Waals surface area contributed by atoms with Crippen molar-refractivity contribution in [1.29, 1.82) is 0 Å². The van der Waals surface area contributed by atoms with Crippen molar-refractivity contribution < 1.29 is 0 Å². The van der Waals surface area contributed by atoms with Crippen LogP contribution in [0.15, 0.2) is 78.9 Å². The molecule has 0 saturated carbocycles. The average molecular weight is 424 g/mol. The number of hydrogen-bond donors (Lipinski definition) is 3. The van der Waals surface area contributed by atoms with Crippen LogP contribution in [0.2, 0.25) is 0 Å². The maximum absolute atomic E-state index is 4.37. The standard InChI is InChI=1S/C28H45N3/c1-11-21(2)29-23(4)26(19-15-18-25-16-13-12-14-17-25)30-24(5)28(9,10)31-22(3)20-27(6,7)8/h11-14,16-17,26,29-31H,3-5,15,18-20H2,1-2,6-10H3/b21-11+. The number of rotatable bonds is 13. The molecule has 0 heterocycles. The van der Waals surface area contributed by atoms with Crippen molar-refractivity contribution in [2.75, 3.05) is 0 Å². The van der Waals surface area contributed by atoms with Crippen molar-refractivity contribution in [1.82, 2.24) is 16.0 Å². The van der Waals surface area contributed by atoms with Crippen LogP contribution in [0.5, 0.6) is 0 Å². The fourth-order valence-electron chi connectivity index (χ4n) is 3.49. The second-order valence-electron chi connectivity index (χ2n) is 10.3. The Labute approximate surface area is 191 Å². The fraction of sp³-hybridized carbons (Fsp3) is 0.500. The third-order valence-corrected chi connectivity index (χ3v) is 5.35. The smallest absolute Gasteiger partial charge is 0.0705 e. The largest absolute Gasteiger partial charge is 0.379 e. The molecule has 0 saturated heterocycles. The van der Waals surface area contributed by atoms with Gasteiger partial charge in [0.05, 0.1) is 11.6 Å². The van der Waals surface area contributed by atoms with Gasteiger partial charge in [0.15, 0.2) is 0 Å². The van der Waals surface area contributed by atoms with Crippen LogP contribution < -0.4 is 16.0 Å². The molecule has 1 rings (SSSR count). The highest BCUT2D eigenvalue weighted by Gasteiger charge is 2.26. The molecule has 31 heavy (non-hydrogen) atoms. The van der Waals surface area contributed by atoms with Crippen molar-refractivity contribution >= 4 is 0 Å². The number of nitrogens with one attached hydrogen (secondary N) is 3. The van der Waals surface area contributed by atoms with E-state index >= 15 is 0 Å². The van der Waals surface area contributed by atoms with Crippen molar-refractivity contribution in [3.05, 3.63) is 84.5 Å². The van der Waals surface area contributed by atoms with E-state index in [1.54, 1.807) is 0 Å². The first-order chi connectivity index (χ1) is 14.3. The zero-order chi connectivity index (χ0) is 23.7. The maximum Gasteiger partial charge on any atom is 0.0705 e. The van der Waals surface area contributed by atoms with Crippen LogP contribution in [-0.2, 0) is 6.42 Å². The van der Waals surface area contributed by atoms with Gasteiger partial charge in [-0.15, -0.1) is 0 Å². The van der Waals surface area contributed by atoms with Crippen molar-refractivity contribution in [2.24, 2.45) is 5.41 Å². The summed E-state index contributed by atoms with van der Waals surface area (Å²) in [6.07, 6.45) is 6.05. The van der Waals surface area contributed by atoms with Gasteiger partial charge in [0, 0.05) is 22.8 Å². The van der Waals surface area contributed by atoms with Gasteiger partial charge < -0.3 is 16.0 Å². The van der Waals surface area contributed by atoms with Crippen LogP contribution in [0, 0.1) is 5.41 Å². The molecule has 0 amide bonds. The summed E-state index contributed by atoms with van der Waals surface area (Å²) in [6.45, 7) is 28.0. The molecule has 172 valence electrons. The van der Waals surface area contributed by atoms with Gasteiger partial charge in [0.2, 0.25) is 0 Å². The minimum atomic E-state index is -0.323. The molecule has 0 spiro atoms. The summed E-state index contributed by atoms with van der Waals surface area (Å²) in [5.41, 5.74) is 5.27. The summed E-state index contributed by atoms with van der Waals surface area (Å²) in [5.74, 6) is 0. The number of hydrogen-bond acceptors (Lipinski definition) is 3. The Morgan fingerprint density at radius 3 is 2.19 bits per heavy atom. The first-order valence-electron chi connectivity index (χ1n) is 11.4. The topological polar surface area (TPSA) is 36.1 Å². The molecule has 1 aromatic rings. The van der Waals surface area contributed by atoms with Crippen molar-refractivity contribution in [2.45, 2.75) is 85.7 Å². The van der Waals surface area contributed by atoms with E-state index in [0.29, 0.717) is 0 Å². The molecule has 0 radical (unpaired) electrons. The van der Waals surface area contributed by atoms with E-state index in [1.807, 2.05) is 6.92 Å². The molecule has 0 aliphatic carbocycles. The highest BCUT2D eigenvalue weighted by Crippen LogP contribution is 2.25. The van der Waals surface area contributed by atoms with Crippen LogP contribution in [0.4, 0.5) is 0 Å². The van der Waals surface area contributed by atoms with E-state index in [1.165, 1.54) is 5.56 Å². The lowest BCUT2D eigenvalue weighted by Gasteiger charge is -2.36. The number of benzene rings is 1. The molecular formula is C28H45N3. The molecule has 3 heteroatoms. The van der Waals surface area contributed by atoms with Gasteiger partial charge in [0.25, 0.3) is 0 Å². The number of aryl methyl sites for hydroxylation is 1. The zero-order valence-corrected chi connectivity index (χ0v) is 21.0. The van der Waals surface area contributed by atoms with Gasteiger partial charge in [-0.05, 0) is 64.4 Å². The van der Waals surface area contributed by atoms with Gasteiger partial charge in [-0.25, -0.2) is 0 Å². The Hall–Kier alpha value is -2.42. The third-order valence-electron chi connectivity index (χ3n) is 5.35. The maximum atomic E-state index is 4.37. The molecule has 0 fully saturated rings. The van der Waals surface area contributed by atoms with E-state index in [0.717, 1.165) is 48.5 Å². The Kier molecular flexibility index (Phi) is 10.2. The van der Waals surface area contributed by atoms with Gasteiger partial charge in [-0.2, -0.15) is 0 Å². The van der Waals surface area contributed by atoms with Gasteiger partial charge >= 0.3 is 0 Å². The molecule has 1 unspecified atom stereocenters. The second-order valence-corrected chi connectivity index (χ2v) is 10.3. The Morgan fingerprint density at radius 1 is 1.03 bits per heavy atom. The van der Waals surface area contributed by atoms with E-state index in [-0.39, 0.29) is 17.0 Å². The van der Waals surface area contributed by atoms with E-state index in [4.69, 9.17) is 0 Å². The minimum Gasteiger partial charge on any atom is -0.379 e. The van der Waals surface area contributed by atoms with E-state index < -0.39 is 0 Å². The van der Waals surface area contributed by atoms with Crippen LogP contribution in [0.3, 0.4) is 0 Å². The Balaban J connectivity index is 2.82. The molecule has 0 aromatic heterocycles. The monoisotopic (exact) mass is 423 g/mol. The highest BCUT2D eigenvalue weighted by atomic mass is 15.1.